The Hall–Kier alpha value is -3.22. The van der Waals surface area contributed by atoms with E-state index in [1.165, 1.54) is 5.56 Å². The minimum absolute atomic E-state index is 0.0956. The van der Waals surface area contributed by atoms with E-state index in [-0.39, 0.29) is 19.0 Å². The fourth-order valence-electron chi connectivity index (χ4n) is 4.13. The van der Waals surface area contributed by atoms with Crippen LogP contribution in [0.15, 0.2) is 73.0 Å². The van der Waals surface area contributed by atoms with E-state index >= 15 is 0 Å². The van der Waals surface area contributed by atoms with Crippen LogP contribution in [-0.4, -0.2) is 35.8 Å². The highest BCUT2D eigenvalue weighted by Crippen LogP contribution is 2.28. The van der Waals surface area contributed by atoms with E-state index in [0.717, 1.165) is 28.5 Å². The van der Waals surface area contributed by atoms with E-state index in [1.807, 2.05) is 49.4 Å². The van der Waals surface area contributed by atoms with Gasteiger partial charge in [-0.15, -0.1) is 0 Å². The third-order valence-corrected chi connectivity index (χ3v) is 5.88. The number of aromatic nitrogens is 1. The second-order valence-electron chi connectivity index (χ2n) is 8.24. The lowest BCUT2D eigenvalue weighted by molar-refractivity contribution is -0.0139. The summed E-state index contributed by atoms with van der Waals surface area (Å²) in [6, 6.07) is 22.2. The van der Waals surface area contributed by atoms with Crippen molar-refractivity contribution in [2.24, 2.45) is 0 Å². The first-order valence-corrected chi connectivity index (χ1v) is 11.9. The molecule has 1 aliphatic rings. The van der Waals surface area contributed by atoms with Crippen molar-refractivity contribution in [3.63, 3.8) is 0 Å². The highest BCUT2D eigenvalue weighted by molar-refractivity contribution is 5.58. The summed E-state index contributed by atoms with van der Waals surface area (Å²) in [4.78, 5) is 0. The molecule has 1 N–H and O–H groups in total. The Morgan fingerprint density at radius 2 is 1.82 bits per heavy atom. The van der Waals surface area contributed by atoms with E-state index in [0.29, 0.717) is 32.6 Å². The molecule has 0 bridgehead atoms. The number of hydrogen-bond donors (Lipinski definition) is 1. The van der Waals surface area contributed by atoms with Gasteiger partial charge in [-0.3, -0.25) is 0 Å². The maximum atomic E-state index is 9.26. The summed E-state index contributed by atoms with van der Waals surface area (Å²) in [5.74, 6) is 1.54. The van der Waals surface area contributed by atoms with E-state index in [2.05, 4.69) is 35.8 Å². The van der Waals surface area contributed by atoms with Gasteiger partial charge >= 0.3 is 0 Å². The van der Waals surface area contributed by atoms with Gasteiger partial charge in [0, 0.05) is 31.7 Å². The molecule has 0 spiro atoms. The number of aryl methyl sites for hydroxylation is 1. The van der Waals surface area contributed by atoms with Gasteiger partial charge in [0.05, 0.1) is 18.3 Å². The van der Waals surface area contributed by atoms with Crippen LogP contribution in [0.2, 0.25) is 0 Å². The van der Waals surface area contributed by atoms with Crippen molar-refractivity contribution in [2.75, 3.05) is 19.8 Å². The SMILES string of the molecule is CCOC(CCO)c1ccc(OCCn2c(C)ccc2C2=COC(Cc3ccccc3)O2)cc1. The van der Waals surface area contributed by atoms with Crippen LogP contribution in [0.1, 0.15) is 42.0 Å². The predicted octanol–water partition coefficient (Wildman–Crippen LogP) is 5.25. The molecule has 0 fully saturated rings. The molecule has 1 aliphatic heterocycles. The second kappa shape index (κ2) is 11.8. The molecule has 34 heavy (non-hydrogen) atoms. The molecule has 2 heterocycles. The Morgan fingerprint density at radius 3 is 2.56 bits per heavy atom. The highest BCUT2D eigenvalue weighted by atomic mass is 16.7. The predicted molar refractivity (Wildman–Crippen MR) is 131 cm³/mol. The van der Waals surface area contributed by atoms with Crippen molar-refractivity contribution >= 4 is 5.76 Å². The zero-order chi connectivity index (χ0) is 23.8. The summed E-state index contributed by atoms with van der Waals surface area (Å²) in [5.41, 5.74) is 4.34. The number of aliphatic hydroxyl groups excluding tert-OH is 1. The van der Waals surface area contributed by atoms with Crippen LogP contribution in [-0.2, 0) is 27.2 Å². The topological polar surface area (TPSA) is 62.1 Å². The summed E-state index contributed by atoms with van der Waals surface area (Å²) in [6.45, 7) is 5.95. The lowest BCUT2D eigenvalue weighted by Gasteiger charge is -2.17. The summed E-state index contributed by atoms with van der Waals surface area (Å²) < 4.78 is 25.8. The van der Waals surface area contributed by atoms with Crippen molar-refractivity contribution in [3.05, 3.63) is 95.5 Å². The molecule has 6 nitrogen and oxygen atoms in total. The first kappa shape index (κ1) is 23.9. The molecule has 2 unspecified atom stereocenters. The highest BCUT2D eigenvalue weighted by Gasteiger charge is 2.23. The Kier molecular flexibility index (Phi) is 8.28. The first-order valence-electron chi connectivity index (χ1n) is 11.9. The molecule has 0 saturated carbocycles. The molecule has 2 aromatic carbocycles. The minimum atomic E-state index is -0.317. The van der Waals surface area contributed by atoms with Gasteiger partial charge in [-0.1, -0.05) is 42.5 Å². The van der Waals surface area contributed by atoms with Crippen LogP contribution in [0, 0.1) is 6.92 Å². The number of nitrogens with zero attached hydrogens (tertiary/aromatic N) is 1. The van der Waals surface area contributed by atoms with Crippen molar-refractivity contribution < 1.29 is 24.1 Å². The van der Waals surface area contributed by atoms with E-state index in [1.54, 1.807) is 6.26 Å². The van der Waals surface area contributed by atoms with Gasteiger partial charge in [0.2, 0.25) is 6.29 Å². The van der Waals surface area contributed by atoms with Crippen LogP contribution in [0.3, 0.4) is 0 Å². The summed E-state index contributed by atoms with van der Waals surface area (Å²) in [5, 5.41) is 9.26. The Balaban J connectivity index is 1.32. The molecule has 180 valence electrons. The second-order valence-corrected chi connectivity index (χ2v) is 8.24. The van der Waals surface area contributed by atoms with Gasteiger partial charge in [0.1, 0.15) is 18.6 Å². The third kappa shape index (κ3) is 6.01. The zero-order valence-electron chi connectivity index (χ0n) is 19.9. The maximum absolute atomic E-state index is 9.26. The zero-order valence-corrected chi connectivity index (χ0v) is 19.9. The van der Waals surface area contributed by atoms with Crippen molar-refractivity contribution in [1.29, 1.82) is 0 Å². The quantitative estimate of drug-likeness (QED) is 0.398. The number of rotatable bonds is 12. The van der Waals surface area contributed by atoms with Crippen LogP contribution in [0.4, 0.5) is 0 Å². The van der Waals surface area contributed by atoms with Crippen molar-refractivity contribution in [2.45, 2.75) is 45.6 Å². The van der Waals surface area contributed by atoms with Crippen LogP contribution >= 0.6 is 0 Å². The number of benzene rings is 2. The molecule has 0 saturated heterocycles. The van der Waals surface area contributed by atoms with E-state index < -0.39 is 0 Å². The third-order valence-electron chi connectivity index (χ3n) is 5.88. The fourth-order valence-corrected chi connectivity index (χ4v) is 4.13. The van der Waals surface area contributed by atoms with Crippen molar-refractivity contribution in [1.82, 2.24) is 4.57 Å². The summed E-state index contributed by atoms with van der Waals surface area (Å²) >= 11 is 0. The lowest BCUT2D eigenvalue weighted by Crippen LogP contribution is -2.14. The Bertz CT molecular complexity index is 1050. The van der Waals surface area contributed by atoms with Gasteiger partial charge in [-0.05, 0) is 49.2 Å². The molecule has 2 atom stereocenters. The van der Waals surface area contributed by atoms with Gasteiger partial charge in [-0.25, -0.2) is 0 Å². The minimum Gasteiger partial charge on any atom is -0.492 e. The molecule has 6 heteroatoms. The van der Waals surface area contributed by atoms with Gasteiger partial charge in [0.15, 0.2) is 5.76 Å². The fraction of sp³-hybridized carbons (Fsp3) is 0.357. The molecule has 0 radical (unpaired) electrons. The average molecular weight is 464 g/mol. The first-order chi connectivity index (χ1) is 16.7. The lowest BCUT2D eigenvalue weighted by atomic mass is 10.1. The van der Waals surface area contributed by atoms with E-state index in [4.69, 9.17) is 18.9 Å². The van der Waals surface area contributed by atoms with Crippen LogP contribution in [0.5, 0.6) is 5.75 Å². The molecule has 0 aliphatic carbocycles. The number of aliphatic hydroxyl groups is 1. The van der Waals surface area contributed by atoms with Crippen LogP contribution < -0.4 is 4.74 Å². The Labute approximate surface area is 201 Å². The molecule has 0 amide bonds. The van der Waals surface area contributed by atoms with Crippen LogP contribution in [0.25, 0.3) is 5.76 Å². The molecule has 1 aromatic heterocycles. The van der Waals surface area contributed by atoms with Gasteiger partial charge < -0.3 is 28.6 Å². The summed E-state index contributed by atoms with van der Waals surface area (Å²) in [6.07, 6.45) is 2.57. The number of ether oxygens (including phenoxy) is 4. The van der Waals surface area contributed by atoms with Gasteiger partial charge in [0.25, 0.3) is 0 Å². The standard InChI is InChI=1S/C28H33NO5/c1-3-31-26(15-17-30)23-10-12-24(13-11-23)32-18-16-29-21(2)9-14-25(29)27-20-33-28(34-27)19-22-7-5-4-6-8-22/h4-14,20,26,28,30H,3,15-19H2,1-2H3. The Morgan fingerprint density at radius 1 is 1.03 bits per heavy atom. The average Bonchev–Trinajstić information content (AvgIpc) is 3.46. The normalized spacial score (nSPS) is 16.0. The summed E-state index contributed by atoms with van der Waals surface area (Å²) in [7, 11) is 0. The number of hydrogen-bond acceptors (Lipinski definition) is 5. The molecule has 3 aromatic rings. The monoisotopic (exact) mass is 463 g/mol. The molecular formula is C28H33NO5. The van der Waals surface area contributed by atoms with Crippen molar-refractivity contribution in [3.8, 4) is 5.75 Å². The maximum Gasteiger partial charge on any atom is 0.244 e. The van der Waals surface area contributed by atoms with E-state index in [9.17, 15) is 5.11 Å². The molecular weight excluding hydrogens is 430 g/mol. The largest absolute Gasteiger partial charge is 0.492 e. The van der Waals surface area contributed by atoms with Gasteiger partial charge in [-0.2, -0.15) is 0 Å². The smallest absolute Gasteiger partial charge is 0.244 e. The molecule has 4 rings (SSSR count).